The topological polar surface area (TPSA) is 69.8 Å². The summed E-state index contributed by atoms with van der Waals surface area (Å²) in [6.45, 7) is 8.89. The van der Waals surface area contributed by atoms with Gasteiger partial charge in [0.1, 0.15) is 5.82 Å². The summed E-state index contributed by atoms with van der Waals surface area (Å²) in [6.07, 6.45) is 0. The van der Waals surface area contributed by atoms with Gasteiger partial charge in [-0.3, -0.25) is 0 Å². The molecule has 0 fully saturated rings. The second kappa shape index (κ2) is 7.60. The molecule has 0 spiro atoms. The van der Waals surface area contributed by atoms with Gasteiger partial charge in [-0.1, -0.05) is 58.0 Å². The van der Waals surface area contributed by atoms with Crippen molar-refractivity contribution in [2.24, 2.45) is 0 Å². The Kier molecular flexibility index (Phi) is 5.26. The molecule has 0 saturated carbocycles. The molecule has 3 N–H and O–H groups in total. The molecule has 136 valence electrons. The number of hydrogen-bond acceptors (Lipinski definition) is 2. The number of para-hydroxylation sites is 3. The second-order valence-corrected chi connectivity index (χ2v) is 7.13. The maximum Gasteiger partial charge on any atom is 0.319 e. The molecule has 0 atom stereocenters. The largest absolute Gasteiger partial charge is 0.340 e. The van der Waals surface area contributed by atoms with Crippen LogP contribution >= 0.6 is 0 Å². The zero-order chi connectivity index (χ0) is 18.7. The Morgan fingerprint density at radius 1 is 1.00 bits per heavy atom. The molecule has 2 aromatic carbocycles. The fourth-order valence-corrected chi connectivity index (χ4v) is 3.11. The van der Waals surface area contributed by atoms with Gasteiger partial charge in [-0.25, -0.2) is 9.78 Å². The monoisotopic (exact) mass is 350 g/mol. The average molecular weight is 350 g/mol. The molecule has 0 aliphatic carbocycles. The number of aromatic amines is 1. The minimum atomic E-state index is -0.222. The maximum atomic E-state index is 12.5. The van der Waals surface area contributed by atoms with Crippen LogP contribution < -0.4 is 10.6 Å². The van der Waals surface area contributed by atoms with Crippen molar-refractivity contribution < 1.29 is 4.79 Å². The van der Waals surface area contributed by atoms with Crippen LogP contribution in [0.2, 0.25) is 0 Å². The number of anilines is 1. The third kappa shape index (κ3) is 3.87. The van der Waals surface area contributed by atoms with Crippen LogP contribution in [0, 0.1) is 0 Å². The van der Waals surface area contributed by atoms with E-state index in [1.165, 1.54) is 0 Å². The number of amides is 2. The number of carbonyl (C=O) groups excluding carboxylic acids is 1. The summed E-state index contributed by atoms with van der Waals surface area (Å²) in [5.41, 5.74) is 5.08. The quantitative estimate of drug-likeness (QED) is 0.597. The molecule has 1 heterocycles. The molecule has 26 heavy (non-hydrogen) atoms. The number of H-pyrrole nitrogens is 1. The number of rotatable bonds is 5. The van der Waals surface area contributed by atoms with Crippen molar-refractivity contribution in [3.05, 3.63) is 59.4 Å². The van der Waals surface area contributed by atoms with E-state index >= 15 is 0 Å². The average Bonchev–Trinajstić information content (AvgIpc) is 3.02. The second-order valence-electron chi connectivity index (χ2n) is 7.13. The number of aromatic nitrogens is 2. The van der Waals surface area contributed by atoms with Crippen LogP contribution in [-0.4, -0.2) is 16.0 Å². The van der Waals surface area contributed by atoms with E-state index in [1.807, 2.05) is 24.3 Å². The minimum Gasteiger partial charge on any atom is -0.340 e. The van der Waals surface area contributed by atoms with E-state index in [0.29, 0.717) is 18.4 Å². The van der Waals surface area contributed by atoms with Crippen LogP contribution in [0.1, 0.15) is 56.5 Å². The smallest absolute Gasteiger partial charge is 0.319 e. The number of carbonyl (C=O) groups is 1. The lowest BCUT2D eigenvalue weighted by Crippen LogP contribution is -2.29. The van der Waals surface area contributed by atoms with Crippen LogP contribution in [0.4, 0.5) is 10.5 Å². The molecule has 3 aromatic rings. The number of urea groups is 1. The lowest BCUT2D eigenvalue weighted by Gasteiger charge is -2.20. The highest BCUT2D eigenvalue weighted by Gasteiger charge is 2.16. The van der Waals surface area contributed by atoms with Crippen molar-refractivity contribution in [1.29, 1.82) is 0 Å². The molecule has 0 bridgehead atoms. The highest BCUT2D eigenvalue weighted by atomic mass is 16.2. The number of nitrogens with one attached hydrogen (secondary N) is 3. The first kappa shape index (κ1) is 18.0. The van der Waals surface area contributed by atoms with Gasteiger partial charge in [0.15, 0.2) is 0 Å². The van der Waals surface area contributed by atoms with Crippen LogP contribution in [0.25, 0.3) is 11.0 Å². The molecule has 0 aliphatic rings. The molecular weight excluding hydrogens is 324 g/mol. The Hall–Kier alpha value is -2.82. The Morgan fingerprint density at radius 2 is 1.65 bits per heavy atom. The summed E-state index contributed by atoms with van der Waals surface area (Å²) in [6, 6.07) is 13.8. The Morgan fingerprint density at radius 3 is 2.27 bits per heavy atom. The van der Waals surface area contributed by atoms with Crippen LogP contribution in [0.3, 0.4) is 0 Å². The predicted molar refractivity (Wildman–Crippen MR) is 107 cm³/mol. The minimum absolute atomic E-state index is 0.222. The predicted octanol–water partition coefficient (Wildman–Crippen LogP) is 5.13. The standard InChI is InChI=1S/C21H26N4O/c1-13(2)15-8-7-9-16(14(3)4)20(15)25-21(26)22-12-19-23-17-10-5-6-11-18(17)24-19/h5-11,13-14H,12H2,1-4H3,(H,23,24)(H2,22,25,26). The zero-order valence-corrected chi connectivity index (χ0v) is 15.8. The first-order chi connectivity index (χ1) is 12.5. The molecule has 0 saturated heterocycles. The van der Waals surface area contributed by atoms with E-state index in [1.54, 1.807) is 0 Å². The number of imidazole rings is 1. The Balaban J connectivity index is 1.73. The van der Waals surface area contributed by atoms with Crippen molar-refractivity contribution in [2.75, 3.05) is 5.32 Å². The molecular formula is C21H26N4O. The number of benzene rings is 2. The van der Waals surface area contributed by atoms with Crippen molar-refractivity contribution in [1.82, 2.24) is 15.3 Å². The first-order valence-corrected chi connectivity index (χ1v) is 9.07. The van der Waals surface area contributed by atoms with Gasteiger partial charge < -0.3 is 15.6 Å². The number of fused-ring (bicyclic) bond motifs is 1. The summed E-state index contributed by atoms with van der Waals surface area (Å²) < 4.78 is 0. The lowest BCUT2D eigenvalue weighted by molar-refractivity contribution is 0.251. The fraction of sp³-hybridized carbons (Fsp3) is 0.333. The Labute approximate surface area is 154 Å². The zero-order valence-electron chi connectivity index (χ0n) is 15.8. The summed E-state index contributed by atoms with van der Waals surface area (Å²) in [5, 5.41) is 5.95. The summed E-state index contributed by atoms with van der Waals surface area (Å²) in [7, 11) is 0. The number of hydrogen-bond donors (Lipinski definition) is 3. The molecule has 0 unspecified atom stereocenters. The summed E-state index contributed by atoms with van der Waals surface area (Å²) in [5.74, 6) is 1.40. The van der Waals surface area contributed by atoms with E-state index in [2.05, 4.69) is 66.5 Å². The molecule has 3 rings (SSSR count). The van der Waals surface area contributed by atoms with Crippen LogP contribution in [-0.2, 0) is 6.54 Å². The van der Waals surface area contributed by atoms with Gasteiger partial charge >= 0.3 is 6.03 Å². The normalized spacial score (nSPS) is 11.3. The van der Waals surface area contributed by atoms with E-state index in [0.717, 1.165) is 33.7 Å². The van der Waals surface area contributed by atoms with Crippen molar-refractivity contribution in [2.45, 2.75) is 46.1 Å². The van der Waals surface area contributed by atoms with E-state index < -0.39 is 0 Å². The van der Waals surface area contributed by atoms with Gasteiger partial charge in [0, 0.05) is 5.69 Å². The van der Waals surface area contributed by atoms with Gasteiger partial charge in [0.05, 0.1) is 17.6 Å². The van der Waals surface area contributed by atoms with Crippen molar-refractivity contribution >= 4 is 22.8 Å². The molecule has 5 nitrogen and oxygen atoms in total. The van der Waals surface area contributed by atoms with Crippen LogP contribution in [0.5, 0.6) is 0 Å². The van der Waals surface area contributed by atoms with E-state index in [4.69, 9.17) is 0 Å². The molecule has 0 radical (unpaired) electrons. The van der Waals surface area contributed by atoms with Gasteiger partial charge in [0.25, 0.3) is 0 Å². The maximum absolute atomic E-state index is 12.5. The fourth-order valence-electron chi connectivity index (χ4n) is 3.11. The Bertz CT molecular complexity index is 852. The SMILES string of the molecule is CC(C)c1cccc(C(C)C)c1NC(=O)NCc1nc2ccccc2[nH]1. The van der Waals surface area contributed by atoms with Crippen molar-refractivity contribution in [3.8, 4) is 0 Å². The van der Waals surface area contributed by atoms with Gasteiger partial charge in [0.2, 0.25) is 0 Å². The number of nitrogens with zero attached hydrogens (tertiary/aromatic N) is 1. The molecule has 5 heteroatoms. The third-order valence-corrected chi connectivity index (χ3v) is 4.47. The first-order valence-electron chi connectivity index (χ1n) is 9.07. The lowest BCUT2D eigenvalue weighted by atomic mass is 9.93. The van der Waals surface area contributed by atoms with E-state index in [9.17, 15) is 4.79 Å². The highest BCUT2D eigenvalue weighted by molar-refractivity contribution is 5.91. The third-order valence-electron chi connectivity index (χ3n) is 4.47. The van der Waals surface area contributed by atoms with E-state index in [-0.39, 0.29) is 6.03 Å². The van der Waals surface area contributed by atoms with Crippen LogP contribution in [0.15, 0.2) is 42.5 Å². The van der Waals surface area contributed by atoms with Crippen molar-refractivity contribution in [3.63, 3.8) is 0 Å². The summed E-state index contributed by atoms with van der Waals surface area (Å²) >= 11 is 0. The van der Waals surface area contributed by atoms with Gasteiger partial charge in [-0.05, 0) is 35.1 Å². The van der Waals surface area contributed by atoms with Gasteiger partial charge in [-0.2, -0.15) is 0 Å². The molecule has 1 aromatic heterocycles. The highest BCUT2D eigenvalue weighted by Crippen LogP contribution is 2.32. The molecule has 2 amide bonds. The summed E-state index contributed by atoms with van der Waals surface area (Å²) in [4.78, 5) is 20.2. The molecule has 0 aliphatic heterocycles. The van der Waals surface area contributed by atoms with Gasteiger partial charge in [-0.15, -0.1) is 0 Å².